The monoisotopic (exact) mass is 208 g/mol. The Morgan fingerprint density at radius 3 is 2.53 bits per heavy atom. The van der Waals surface area contributed by atoms with E-state index in [2.05, 4.69) is 30.7 Å². The highest BCUT2D eigenvalue weighted by molar-refractivity contribution is 5.37. The third kappa shape index (κ3) is 5.21. The lowest BCUT2D eigenvalue weighted by atomic mass is 10.0. The lowest BCUT2D eigenvalue weighted by molar-refractivity contribution is -0.129. The molecular formula is C13H20O2. The Kier molecular flexibility index (Phi) is 7.33. The molecule has 2 nitrogen and oxygen atoms in total. The molecule has 0 amide bonds. The van der Waals surface area contributed by atoms with Crippen molar-refractivity contribution >= 4 is 6.47 Å². The van der Waals surface area contributed by atoms with Gasteiger partial charge in [-0.05, 0) is 17.0 Å². The Balaban J connectivity index is 0.000000921. The van der Waals surface area contributed by atoms with Crippen LogP contribution in [0.3, 0.4) is 0 Å². The molecule has 0 aliphatic heterocycles. The van der Waals surface area contributed by atoms with Crippen LogP contribution in [0.2, 0.25) is 0 Å². The molecule has 0 heterocycles. The zero-order valence-corrected chi connectivity index (χ0v) is 9.99. The van der Waals surface area contributed by atoms with E-state index in [9.17, 15) is 4.79 Å². The van der Waals surface area contributed by atoms with Crippen LogP contribution in [0.4, 0.5) is 0 Å². The van der Waals surface area contributed by atoms with Crippen LogP contribution in [-0.2, 0) is 16.1 Å². The highest BCUT2D eigenvalue weighted by atomic mass is 16.5. The van der Waals surface area contributed by atoms with E-state index in [-0.39, 0.29) is 0 Å². The van der Waals surface area contributed by atoms with Crippen LogP contribution in [0.25, 0.3) is 0 Å². The summed E-state index contributed by atoms with van der Waals surface area (Å²) in [5.74, 6) is 0.510. The molecular weight excluding hydrogens is 188 g/mol. The van der Waals surface area contributed by atoms with Crippen molar-refractivity contribution < 1.29 is 9.53 Å². The van der Waals surface area contributed by atoms with Crippen molar-refractivity contribution in [2.45, 2.75) is 40.2 Å². The first-order valence-electron chi connectivity index (χ1n) is 5.38. The fourth-order valence-corrected chi connectivity index (χ4v) is 1.17. The molecule has 0 aromatic heterocycles. The molecule has 0 N–H and O–H groups in total. The van der Waals surface area contributed by atoms with E-state index in [4.69, 9.17) is 0 Å². The van der Waals surface area contributed by atoms with E-state index < -0.39 is 0 Å². The second-order valence-corrected chi connectivity index (χ2v) is 3.31. The molecule has 0 unspecified atom stereocenters. The van der Waals surface area contributed by atoms with Gasteiger partial charge >= 0.3 is 0 Å². The van der Waals surface area contributed by atoms with Gasteiger partial charge in [-0.2, -0.15) is 0 Å². The van der Waals surface area contributed by atoms with E-state index in [1.807, 2.05) is 26.0 Å². The second kappa shape index (κ2) is 8.04. The number of carbonyl (C=O) groups excluding carboxylic acids is 1. The van der Waals surface area contributed by atoms with Gasteiger partial charge in [-0.25, -0.2) is 0 Å². The van der Waals surface area contributed by atoms with E-state index in [0.717, 1.165) is 5.56 Å². The lowest BCUT2D eigenvalue weighted by Gasteiger charge is -2.06. The van der Waals surface area contributed by atoms with Gasteiger partial charge in [0, 0.05) is 0 Å². The number of ether oxygens (including phenoxy) is 1. The van der Waals surface area contributed by atoms with Crippen molar-refractivity contribution in [3.63, 3.8) is 0 Å². The summed E-state index contributed by atoms with van der Waals surface area (Å²) in [5, 5.41) is 0. The third-order valence-electron chi connectivity index (χ3n) is 1.94. The molecule has 15 heavy (non-hydrogen) atoms. The molecule has 0 bridgehead atoms. The minimum Gasteiger partial charge on any atom is -0.463 e. The minimum absolute atomic E-state index is 0.365. The van der Waals surface area contributed by atoms with E-state index in [1.54, 1.807) is 0 Å². The van der Waals surface area contributed by atoms with Gasteiger partial charge in [-0.1, -0.05) is 52.0 Å². The maximum Gasteiger partial charge on any atom is 0.293 e. The van der Waals surface area contributed by atoms with Gasteiger partial charge < -0.3 is 4.74 Å². The average molecular weight is 208 g/mol. The van der Waals surface area contributed by atoms with Gasteiger partial charge in [-0.15, -0.1) is 0 Å². The largest absolute Gasteiger partial charge is 0.463 e. The molecule has 0 aliphatic rings. The molecule has 0 fully saturated rings. The van der Waals surface area contributed by atoms with Crippen molar-refractivity contribution in [3.8, 4) is 0 Å². The van der Waals surface area contributed by atoms with Gasteiger partial charge in [0.25, 0.3) is 6.47 Å². The van der Waals surface area contributed by atoms with E-state index >= 15 is 0 Å². The molecule has 1 rings (SSSR count). The molecule has 84 valence electrons. The normalized spacial score (nSPS) is 9.13. The van der Waals surface area contributed by atoms with E-state index in [1.165, 1.54) is 5.56 Å². The van der Waals surface area contributed by atoms with Crippen LogP contribution in [0.15, 0.2) is 24.3 Å². The number of hydrogen-bond donors (Lipinski definition) is 0. The molecule has 2 heteroatoms. The summed E-state index contributed by atoms with van der Waals surface area (Å²) in [6.07, 6.45) is 0. The molecule has 0 spiro atoms. The number of rotatable bonds is 4. The van der Waals surface area contributed by atoms with Gasteiger partial charge in [0.05, 0.1) is 0 Å². The highest BCUT2D eigenvalue weighted by Gasteiger charge is 1.99. The Hall–Kier alpha value is -1.31. The van der Waals surface area contributed by atoms with Crippen molar-refractivity contribution in [1.82, 2.24) is 0 Å². The maximum absolute atomic E-state index is 9.97. The lowest BCUT2D eigenvalue weighted by Crippen LogP contribution is -1.93. The van der Waals surface area contributed by atoms with Crippen molar-refractivity contribution in [3.05, 3.63) is 35.4 Å². The first-order chi connectivity index (χ1) is 7.24. The fourth-order valence-electron chi connectivity index (χ4n) is 1.17. The molecule has 1 aromatic rings. The molecule has 1 aromatic carbocycles. The molecule has 0 atom stereocenters. The quantitative estimate of drug-likeness (QED) is 0.708. The predicted molar refractivity (Wildman–Crippen MR) is 62.7 cm³/mol. The number of hydrogen-bond acceptors (Lipinski definition) is 2. The number of benzene rings is 1. The third-order valence-corrected chi connectivity index (χ3v) is 1.94. The first-order valence-corrected chi connectivity index (χ1v) is 5.38. The van der Waals surface area contributed by atoms with Gasteiger partial charge in [0.1, 0.15) is 6.61 Å². The Bertz CT molecular complexity index is 280. The van der Waals surface area contributed by atoms with Crippen molar-refractivity contribution in [2.24, 2.45) is 0 Å². The van der Waals surface area contributed by atoms with Gasteiger partial charge in [0.2, 0.25) is 0 Å². The van der Waals surface area contributed by atoms with Crippen molar-refractivity contribution in [2.75, 3.05) is 0 Å². The van der Waals surface area contributed by atoms with E-state index in [0.29, 0.717) is 19.0 Å². The fraction of sp³-hybridized carbons (Fsp3) is 0.462. The Labute approximate surface area is 92.3 Å². The summed E-state index contributed by atoms with van der Waals surface area (Å²) in [4.78, 5) is 9.97. The minimum atomic E-state index is 0.365. The average Bonchev–Trinajstić information content (AvgIpc) is 2.29. The zero-order valence-electron chi connectivity index (χ0n) is 9.99. The summed E-state index contributed by atoms with van der Waals surface area (Å²) in [6.45, 7) is 9.12. The summed E-state index contributed by atoms with van der Waals surface area (Å²) in [7, 11) is 0. The van der Waals surface area contributed by atoms with Crippen LogP contribution in [0.5, 0.6) is 0 Å². The van der Waals surface area contributed by atoms with Crippen LogP contribution >= 0.6 is 0 Å². The molecule has 0 radical (unpaired) electrons. The Morgan fingerprint density at radius 1 is 1.33 bits per heavy atom. The molecule has 0 aliphatic carbocycles. The second-order valence-electron chi connectivity index (χ2n) is 3.31. The highest BCUT2D eigenvalue weighted by Crippen LogP contribution is 2.15. The summed E-state index contributed by atoms with van der Waals surface area (Å²) < 4.78 is 4.67. The van der Waals surface area contributed by atoms with Gasteiger partial charge in [0.15, 0.2) is 0 Å². The number of carbonyl (C=O) groups is 1. The summed E-state index contributed by atoms with van der Waals surface area (Å²) >= 11 is 0. The summed E-state index contributed by atoms with van der Waals surface area (Å²) in [5.41, 5.74) is 2.31. The topological polar surface area (TPSA) is 26.3 Å². The summed E-state index contributed by atoms with van der Waals surface area (Å²) in [6, 6.07) is 8.08. The zero-order chi connectivity index (χ0) is 11.7. The standard InChI is InChI=1S/C11H14O2.C2H6/c1-9(2)11-5-3-4-10(6-11)7-13-8-12;1-2/h3-6,8-9H,7H2,1-2H3;1-2H3. The van der Waals surface area contributed by atoms with Crippen LogP contribution in [-0.4, -0.2) is 6.47 Å². The van der Waals surface area contributed by atoms with Crippen LogP contribution in [0, 0.1) is 0 Å². The van der Waals surface area contributed by atoms with Crippen molar-refractivity contribution in [1.29, 1.82) is 0 Å². The predicted octanol–water partition coefficient (Wildman–Crippen LogP) is 3.51. The molecule has 0 saturated carbocycles. The van der Waals surface area contributed by atoms with Crippen LogP contribution < -0.4 is 0 Å². The SMILES string of the molecule is CC.CC(C)c1cccc(COC=O)c1. The molecule has 0 saturated heterocycles. The smallest absolute Gasteiger partial charge is 0.293 e. The van der Waals surface area contributed by atoms with Crippen LogP contribution in [0.1, 0.15) is 44.7 Å². The maximum atomic E-state index is 9.97. The first kappa shape index (κ1) is 13.7. The van der Waals surface area contributed by atoms with Gasteiger partial charge in [-0.3, -0.25) is 4.79 Å². The Morgan fingerprint density at radius 2 is 2.00 bits per heavy atom.